The molecular formula is C70H135NO10. The third-order valence-electron chi connectivity index (χ3n) is 17.2. The Morgan fingerprint density at radius 2 is 0.802 bits per heavy atom. The van der Waals surface area contributed by atoms with Crippen LogP contribution >= 0.6 is 0 Å². The third-order valence-corrected chi connectivity index (χ3v) is 17.2. The van der Waals surface area contributed by atoms with Crippen LogP contribution in [0.25, 0.3) is 0 Å². The number of aliphatic hydroxyl groups is 5. The molecule has 0 aromatic heterocycles. The van der Waals surface area contributed by atoms with Gasteiger partial charge >= 0.3 is 5.97 Å². The van der Waals surface area contributed by atoms with Crippen LogP contribution in [0.5, 0.6) is 0 Å². The molecule has 8 atom stereocenters. The molecule has 480 valence electrons. The van der Waals surface area contributed by atoms with E-state index in [1.807, 2.05) is 6.08 Å². The van der Waals surface area contributed by atoms with Crippen molar-refractivity contribution < 1.29 is 49.3 Å². The van der Waals surface area contributed by atoms with Gasteiger partial charge in [0.1, 0.15) is 24.4 Å². The number of carbonyl (C=O) groups excluding carboxylic acids is 2. The maximum Gasteiger partial charge on any atom is 0.306 e. The number of unbranched alkanes of at least 4 members (excludes halogenated alkanes) is 48. The molecule has 1 aliphatic heterocycles. The predicted molar refractivity (Wildman–Crippen MR) is 338 cm³/mol. The van der Waals surface area contributed by atoms with Crippen molar-refractivity contribution in [3.05, 3.63) is 12.2 Å². The Morgan fingerprint density at radius 1 is 0.469 bits per heavy atom. The highest BCUT2D eigenvalue weighted by molar-refractivity contribution is 5.80. The number of nitrogens with one attached hydrogen (secondary N) is 1. The number of hydrogen-bond acceptors (Lipinski definition) is 10. The predicted octanol–water partition coefficient (Wildman–Crippen LogP) is 17.9. The quantitative estimate of drug-likeness (QED) is 0.0195. The van der Waals surface area contributed by atoms with Gasteiger partial charge in [-0.1, -0.05) is 341 Å². The number of allylic oxidation sites excluding steroid dienone is 1. The highest BCUT2D eigenvalue weighted by Gasteiger charge is 2.47. The molecule has 81 heavy (non-hydrogen) atoms. The van der Waals surface area contributed by atoms with E-state index in [-0.39, 0.29) is 13.0 Å². The fourth-order valence-electron chi connectivity index (χ4n) is 11.6. The van der Waals surface area contributed by atoms with E-state index in [1.165, 1.54) is 257 Å². The summed E-state index contributed by atoms with van der Waals surface area (Å²) in [5, 5.41) is 57.1. The maximum atomic E-state index is 13.5. The lowest BCUT2D eigenvalue weighted by atomic mass is 9.99. The second kappa shape index (κ2) is 58.8. The minimum atomic E-state index is -1.61. The van der Waals surface area contributed by atoms with Gasteiger partial charge in [0.05, 0.1) is 25.4 Å². The molecule has 1 amide bonds. The van der Waals surface area contributed by atoms with E-state index in [2.05, 4.69) is 26.1 Å². The zero-order chi connectivity index (χ0) is 58.9. The van der Waals surface area contributed by atoms with E-state index in [4.69, 9.17) is 14.2 Å². The van der Waals surface area contributed by atoms with Gasteiger partial charge in [0.25, 0.3) is 0 Å². The minimum Gasteiger partial charge on any atom is -0.454 e. The van der Waals surface area contributed by atoms with Gasteiger partial charge in [-0.25, -0.2) is 0 Å². The number of amides is 1. The molecule has 0 bridgehead atoms. The van der Waals surface area contributed by atoms with Crippen LogP contribution in [-0.2, 0) is 23.8 Å². The van der Waals surface area contributed by atoms with Crippen LogP contribution < -0.4 is 5.32 Å². The summed E-state index contributed by atoms with van der Waals surface area (Å²) in [5.74, 6) is -1.17. The van der Waals surface area contributed by atoms with Crippen LogP contribution in [0.15, 0.2) is 12.2 Å². The normalized spacial score (nSPS) is 18.6. The van der Waals surface area contributed by atoms with Gasteiger partial charge < -0.3 is 45.1 Å². The van der Waals surface area contributed by atoms with Crippen LogP contribution in [0, 0.1) is 0 Å². The molecule has 0 aromatic carbocycles. The van der Waals surface area contributed by atoms with Crippen molar-refractivity contribution in [2.45, 2.75) is 410 Å². The molecule has 1 fully saturated rings. The van der Waals surface area contributed by atoms with Crippen LogP contribution in [0.3, 0.4) is 0 Å². The Kier molecular flexibility index (Phi) is 56.2. The summed E-state index contributed by atoms with van der Waals surface area (Å²) in [6, 6.07) is -1.02. The minimum absolute atomic E-state index is 0.131. The van der Waals surface area contributed by atoms with E-state index >= 15 is 0 Å². The molecule has 1 saturated heterocycles. The van der Waals surface area contributed by atoms with Crippen LogP contribution in [0.4, 0.5) is 0 Å². The van der Waals surface area contributed by atoms with Gasteiger partial charge in [-0.2, -0.15) is 0 Å². The number of hydrogen-bond donors (Lipinski definition) is 6. The van der Waals surface area contributed by atoms with Crippen molar-refractivity contribution in [2.75, 3.05) is 13.2 Å². The van der Waals surface area contributed by atoms with E-state index in [1.54, 1.807) is 6.08 Å². The molecule has 0 aromatic rings. The van der Waals surface area contributed by atoms with Crippen molar-refractivity contribution in [2.24, 2.45) is 0 Å². The van der Waals surface area contributed by atoms with E-state index in [0.717, 1.165) is 57.8 Å². The molecule has 11 nitrogen and oxygen atoms in total. The maximum absolute atomic E-state index is 13.5. The van der Waals surface area contributed by atoms with Gasteiger partial charge in [-0.05, 0) is 25.7 Å². The molecule has 6 N–H and O–H groups in total. The molecular weight excluding hydrogens is 1010 g/mol. The van der Waals surface area contributed by atoms with Crippen molar-refractivity contribution >= 4 is 11.9 Å². The molecule has 1 rings (SSSR count). The highest BCUT2D eigenvalue weighted by Crippen LogP contribution is 2.27. The Labute approximate surface area is 499 Å². The second-order valence-electron chi connectivity index (χ2n) is 25.0. The van der Waals surface area contributed by atoms with Crippen LogP contribution in [0.2, 0.25) is 0 Å². The first-order valence-corrected chi connectivity index (χ1v) is 35.5. The van der Waals surface area contributed by atoms with Gasteiger partial charge in [-0.3, -0.25) is 9.59 Å². The summed E-state index contributed by atoms with van der Waals surface area (Å²) in [4.78, 5) is 26.6. The summed E-state index contributed by atoms with van der Waals surface area (Å²) < 4.78 is 17.7. The van der Waals surface area contributed by atoms with Crippen molar-refractivity contribution in [1.29, 1.82) is 0 Å². The molecule has 8 unspecified atom stereocenters. The molecule has 1 aliphatic rings. The molecule has 0 saturated carbocycles. The summed E-state index contributed by atoms with van der Waals surface area (Å²) in [5.41, 5.74) is 0. The smallest absolute Gasteiger partial charge is 0.306 e. The van der Waals surface area contributed by atoms with Crippen molar-refractivity contribution in [1.82, 2.24) is 5.32 Å². The zero-order valence-corrected chi connectivity index (χ0v) is 53.4. The first-order chi connectivity index (χ1) is 39.7. The number of ether oxygens (including phenoxy) is 3. The summed E-state index contributed by atoms with van der Waals surface area (Å²) in [6.45, 7) is 5.84. The van der Waals surface area contributed by atoms with Crippen molar-refractivity contribution in [3.63, 3.8) is 0 Å². The Hall–Kier alpha value is -1.60. The lowest BCUT2D eigenvalue weighted by Gasteiger charge is -2.41. The summed E-state index contributed by atoms with van der Waals surface area (Å²) in [7, 11) is 0. The van der Waals surface area contributed by atoms with Gasteiger partial charge in [0.15, 0.2) is 12.4 Å². The second-order valence-corrected chi connectivity index (χ2v) is 25.0. The Bertz CT molecular complexity index is 1370. The summed E-state index contributed by atoms with van der Waals surface area (Å²) in [6.07, 6.45) is 58.4. The number of rotatable bonds is 62. The molecule has 0 aliphatic carbocycles. The van der Waals surface area contributed by atoms with Gasteiger partial charge in [-0.15, -0.1) is 0 Å². The monoisotopic (exact) mass is 1150 g/mol. The van der Waals surface area contributed by atoms with Crippen LogP contribution in [-0.4, -0.2) is 99.6 Å². The standard InChI is InChI=1S/C70H135NO10/c1-4-7-10-13-16-19-22-25-27-28-29-30-31-32-33-34-35-36-37-38-39-42-45-48-51-54-57-63(74)69(78)71-61(62(73)56-53-50-47-44-41-24-21-18-15-12-9-6-3)60-79-70-68(67(77)66(76)64(59-72)80-70)81-65(75)58-55-52-49-46-43-40-26-23-20-17-14-11-8-5-2/h53,56,61-64,66-68,70,72-74,76-77H,4-52,54-55,57-60H2,1-3H3,(H,71,78)/b56-53+. The molecule has 0 radical (unpaired) electrons. The Morgan fingerprint density at radius 3 is 1.16 bits per heavy atom. The first-order valence-electron chi connectivity index (χ1n) is 35.5. The number of carbonyl (C=O) groups is 2. The SMILES string of the molecule is CCCCCCCCCCCC/C=C/C(O)C(COC1OC(CO)C(O)C(O)C1OC(=O)CCCCCCCCCCCCCCCC)NC(=O)C(O)CCCCCCCCCCCCCCCCCCCCCCCCCCCC. The average Bonchev–Trinajstić information content (AvgIpc) is 3.47. The zero-order valence-electron chi connectivity index (χ0n) is 53.4. The number of aliphatic hydroxyl groups excluding tert-OH is 5. The molecule has 1 heterocycles. The molecule has 11 heteroatoms. The van der Waals surface area contributed by atoms with Crippen molar-refractivity contribution in [3.8, 4) is 0 Å². The topological polar surface area (TPSA) is 175 Å². The molecule has 0 spiro atoms. The summed E-state index contributed by atoms with van der Waals surface area (Å²) >= 11 is 0. The van der Waals surface area contributed by atoms with E-state index in [0.29, 0.717) is 19.3 Å². The number of esters is 1. The van der Waals surface area contributed by atoms with E-state index < -0.39 is 67.4 Å². The first kappa shape index (κ1) is 77.4. The van der Waals surface area contributed by atoms with Crippen LogP contribution in [0.1, 0.15) is 361 Å². The van der Waals surface area contributed by atoms with Gasteiger partial charge in [0, 0.05) is 6.42 Å². The highest BCUT2D eigenvalue weighted by atomic mass is 16.7. The van der Waals surface area contributed by atoms with Gasteiger partial charge in [0.2, 0.25) is 5.91 Å². The Balaban J connectivity index is 2.52. The lowest BCUT2D eigenvalue weighted by Crippen LogP contribution is -2.61. The largest absolute Gasteiger partial charge is 0.454 e. The third kappa shape index (κ3) is 46.3. The fourth-order valence-corrected chi connectivity index (χ4v) is 11.6. The lowest BCUT2D eigenvalue weighted by molar-refractivity contribution is -0.305. The fraction of sp³-hybridized carbons (Fsp3) is 0.943. The average molecular weight is 1150 g/mol. The van der Waals surface area contributed by atoms with E-state index in [9.17, 15) is 35.1 Å².